The summed E-state index contributed by atoms with van der Waals surface area (Å²) < 4.78 is 48.7. The van der Waals surface area contributed by atoms with Gasteiger partial charge in [-0.15, -0.1) is 0 Å². The number of benzene rings is 1. The van der Waals surface area contributed by atoms with Gasteiger partial charge in [0.2, 0.25) is 0 Å². The molecule has 0 radical (unpaired) electrons. The highest BCUT2D eigenvalue weighted by molar-refractivity contribution is 5.49. The second kappa shape index (κ2) is 5.06. The Kier molecular flexibility index (Phi) is 3.65. The van der Waals surface area contributed by atoms with Crippen LogP contribution in [0.15, 0.2) is 18.2 Å². The highest BCUT2D eigenvalue weighted by Gasteiger charge is 2.34. The second-order valence-corrected chi connectivity index (χ2v) is 4.29. The van der Waals surface area contributed by atoms with E-state index in [9.17, 15) is 13.2 Å². The van der Waals surface area contributed by atoms with Crippen molar-refractivity contribution in [2.24, 2.45) is 5.92 Å². The smallest absolute Gasteiger partial charge is 0.420 e. The third kappa shape index (κ3) is 3.07. The molecule has 1 saturated heterocycles. The van der Waals surface area contributed by atoms with Crippen LogP contribution in [0.25, 0.3) is 0 Å². The van der Waals surface area contributed by atoms with Crippen molar-refractivity contribution in [2.75, 3.05) is 25.6 Å². The molecule has 0 aliphatic carbocycles. The van der Waals surface area contributed by atoms with Crippen LogP contribution < -0.4 is 10.5 Å². The molecule has 2 rings (SSSR count). The van der Waals surface area contributed by atoms with E-state index in [1.165, 1.54) is 12.1 Å². The van der Waals surface area contributed by atoms with Crippen LogP contribution in [-0.2, 0) is 10.9 Å². The van der Waals surface area contributed by atoms with Gasteiger partial charge >= 0.3 is 6.18 Å². The molecule has 2 N–H and O–H groups in total. The minimum atomic E-state index is -4.46. The van der Waals surface area contributed by atoms with Gasteiger partial charge in [-0.25, -0.2) is 0 Å². The standard InChI is InChI=1S/C12H14F3NO2/c13-12(14,15)10-5-9(16)1-2-11(10)18-7-8-3-4-17-6-8/h1-2,5,8H,3-4,6-7,16H2. The summed E-state index contributed by atoms with van der Waals surface area (Å²) in [7, 11) is 0. The first kappa shape index (κ1) is 13.0. The summed E-state index contributed by atoms with van der Waals surface area (Å²) in [5, 5.41) is 0. The normalized spacial score (nSPS) is 20.1. The van der Waals surface area contributed by atoms with E-state index in [1.54, 1.807) is 0 Å². The quantitative estimate of drug-likeness (QED) is 0.851. The molecule has 100 valence electrons. The van der Waals surface area contributed by atoms with Crippen molar-refractivity contribution in [3.05, 3.63) is 23.8 Å². The van der Waals surface area contributed by atoms with Gasteiger partial charge in [0.1, 0.15) is 5.75 Å². The third-order valence-corrected chi connectivity index (χ3v) is 2.81. The lowest BCUT2D eigenvalue weighted by molar-refractivity contribution is -0.139. The summed E-state index contributed by atoms with van der Waals surface area (Å²) in [4.78, 5) is 0. The number of alkyl halides is 3. The zero-order valence-corrected chi connectivity index (χ0v) is 9.67. The van der Waals surface area contributed by atoms with Gasteiger partial charge in [-0.05, 0) is 24.6 Å². The summed E-state index contributed by atoms with van der Waals surface area (Å²) >= 11 is 0. The van der Waals surface area contributed by atoms with Crippen LogP contribution in [0, 0.1) is 5.92 Å². The van der Waals surface area contributed by atoms with Crippen LogP contribution in [0.5, 0.6) is 5.75 Å². The third-order valence-electron chi connectivity index (χ3n) is 2.81. The number of halogens is 3. The summed E-state index contributed by atoms with van der Waals surface area (Å²) in [6.07, 6.45) is -3.65. The van der Waals surface area contributed by atoms with E-state index in [1.807, 2.05) is 0 Å². The van der Waals surface area contributed by atoms with Gasteiger partial charge in [0.25, 0.3) is 0 Å². The first-order chi connectivity index (χ1) is 8.47. The first-order valence-corrected chi connectivity index (χ1v) is 5.64. The second-order valence-electron chi connectivity index (χ2n) is 4.29. The molecule has 0 saturated carbocycles. The molecule has 1 fully saturated rings. The number of hydrogen-bond donors (Lipinski definition) is 1. The molecule has 18 heavy (non-hydrogen) atoms. The number of nitrogens with two attached hydrogens (primary N) is 1. The Labute approximate surface area is 103 Å². The molecular weight excluding hydrogens is 247 g/mol. The maximum absolute atomic E-state index is 12.8. The largest absolute Gasteiger partial charge is 0.493 e. The molecular formula is C12H14F3NO2. The molecule has 0 spiro atoms. The van der Waals surface area contributed by atoms with Gasteiger partial charge in [-0.3, -0.25) is 0 Å². The molecule has 1 aliphatic heterocycles. The Bertz CT molecular complexity index is 414. The van der Waals surface area contributed by atoms with E-state index < -0.39 is 11.7 Å². The average Bonchev–Trinajstić information content (AvgIpc) is 2.79. The average molecular weight is 261 g/mol. The Balaban J connectivity index is 2.11. The molecule has 0 aromatic heterocycles. The number of nitrogen functional groups attached to an aromatic ring is 1. The van der Waals surface area contributed by atoms with Crippen LogP contribution in [0.2, 0.25) is 0 Å². The van der Waals surface area contributed by atoms with Crippen molar-refractivity contribution in [2.45, 2.75) is 12.6 Å². The Morgan fingerprint density at radius 1 is 1.39 bits per heavy atom. The number of rotatable bonds is 3. The highest BCUT2D eigenvalue weighted by Crippen LogP contribution is 2.37. The monoisotopic (exact) mass is 261 g/mol. The van der Waals surface area contributed by atoms with E-state index in [4.69, 9.17) is 15.2 Å². The van der Waals surface area contributed by atoms with Crippen molar-refractivity contribution >= 4 is 5.69 Å². The van der Waals surface area contributed by atoms with Crippen molar-refractivity contribution in [3.8, 4) is 5.75 Å². The lowest BCUT2D eigenvalue weighted by atomic mass is 10.1. The summed E-state index contributed by atoms with van der Waals surface area (Å²) in [6.45, 7) is 1.41. The Morgan fingerprint density at radius 2 is 2.17 bits per heavy atom. The van der Waals surface area contributed by atoms with Crippen LogP contribution in [-0.4, -0.2) is 19.8 Å². The maximum Gasteiger partial charge on any atom is 0.420 e. The SMILES string of the molecule is Nc1ccc(OCC2CCOC2)c(C(F)(F)F)c1. The molecule has 6 heteroatoms. The van der Waals surface area contributed by atoms with E-state index in [-0.39, 0.29) is 24.0 Å². The minimum absolute atomic E-state index is 0.0684. The van der Waals surface area contributed by atoms with E-state index in [2.05, 4.69) is 0 Å². The first-order valence-electron chi connectivity index (χ1n) is 5.64. The van der Waals surface area contributed by atoms with Gasteiger partial charge in [-0.2, -0.15) is 13.2 Å². The molecule has 1 heterocycles. The number of ether oxygens (including phenoxy) is 2. The number of hydrogen-bond acceptors (Lipinski definition) is 3. The highest BCUT2D eigenvalue weighted by atomic mass is 19.4. The lowest BCUT2D eigenvalue weighted by Gasteiger charge is -2.16. The van der Waals surface area contributed by atoms with E-state index in [0.717, 1.165) is 12.5 Å². The minimum Gasteiger partial charge on any atom is -0.493 e. The molecule has 3 nitrogen and oxygen atoms in total. The summed E-state index contributed by atoms with van der Waals surface area (Å²) in [5.74, 6) is -0.0211. The van der Waals surface area contributed by atoms with Crippen LogP contribution in [0.3, 0.4) is 0 Å². The predicted octanol–water partition coefficient (Wildman–Crippen LogP) is 2.70. The summed E-state index contributed by atoms with van der Waals surface area (Å²) in [6, 6.07) is 3.55. The summed E-state index contributed by atoms with van der Waals surface area (Å²) in [5.41, 5.74) is 4.60. The Hall–Kier alpha value is -1.43. The maximum atomic E-state index is 12.8. The van der Waals surface area contributed by atoms with Gasteiger partial charge < -0.3 is 15.2 Å². The predicted molar refractivity (Wildman–Crippen MR) is 60.3 cm³/mol. The molecule has 1 unspecified atom stereocenters. The van der Waals surface area contributed by atoms with Crippen LogP contribution in [0.1, 0.15) is 12.0 Å². The molecule has 1 atom stereocenters. The zero-order valence-electron chi connectivity index (χ0n) is 9.67. The van der Waals surface area contributed by atoms with Crippen LogP contribution >= 0.6 is 0 Å². The van der Waals surface area contributed by atoms with Crippen molar-refractivity contribution in [1.82, 2.24) is 0 Å². The van der Waals surface area contributed by atoms with Gasteiger partial charge in [0.15, 0.2) is 0 Å². The van der Waals surface area contributed by atoms with Gasteiger partial charge in [0, 0.05) is 18.2 Å². The van der Waals surface area contributed by atoms with Crippen molar-refractivity contribution in [1.29, 1.82) is 0 Å². The molecule has 1 aromatic rings. The fraction of sp³-hybridized carbons (Fsp3) is 0.500. The van der Waals surface area contributed by atoms with Crippen molar-refractivity contribution < 1.29 is 22.6 Å². The Morgan fingerprint density at radius 3 is 2.78 bits per heavy atom. The van der Waals surface area contributed by atoms with E-state index in [0.29, 0.717) is 13.2 Å². The van der Waals surface area contributed by atoms with Crippen molar-refractivity contribution in [3.63, 3.8) is 0 Å². The fourth-order valence-corrected chi connectivity index (χ4v) is 1.82. The molecule has 0 bridgehead atoms. The topological polar surface area (TPSA) is 44.5 Å². The van der Waals surface area contributed by atoms with Gasteiger partial charge in [0.05, 0.1) is 18.8 Å². The van der Waals surface area contributed by atoms with Gasteiger partial charge in [-0.1, -0.05) is 0 Å². The number of anilines is 1. The molecule has 0 amide bonds. The molecule has 1 aromatic carbocycles. The van der Waals surface area contributed by atoms with E-state index >= 15 is 0 Å². The van der Waals surface area contributed by atoms with Crippen LogP contribution in [0.4, 0.5) is 18.9 Å². The lowest BCUT2D eigenvalue weighted by Crippen LogP contribution is -2.15. The fourth-order valence-electron chi connectivity index (χ4n) is 1.82. The molecule has 1 aliphatic rings. The zero-order chi connectivity index (χ0) is 13.2.